The summed E-state index contributed by atoms with van der Waals surface area (Å²) < 4.78 is 0. The highest BCUT2D eigenvalue weighted by molar-refractivity contribution is 5.10. The van der Waals surface area contributed by atoms with Gasteiger partial charge in [0, 0.05) is 0 Å². The molecule has 0 aromatic rings. The van der Waals surface area contributed by atoms with Crippen molar-refractivity contribution in [3.63, 3.8) is 0 Å². The van der Waals surface area contributed by atoms with Crippen LogP contribution in [-0.4, -0.2) is 13.8 Å². The Morgan fingerprint density at radius 2 is 1.46 bits per heavy atom. The molecule has 3 unspecified atom stereocenters. The van der Waals surface area contributed by atoms with Gasteiger partial charge in [0.15, 0.2) is 0 Å². The van der Waals surface area contributed by atoms with Crippen molar-refractivity contribution in [2.24, 2.45) is 23.5 Å². The first-order chi connectivity index (χ1) is 6.20. The van der Waals surface area contributed by atoms with Crippen LogP contribution in [0.25, 0.3) is 0 Å². The summed E-state index contributed by atoms with van der Waals surface area (Å²) in [6.45, 7) is 9.15. The fourth-order valence-corrected chi connectivity index (χ4v) is 1.82. The Bertz CT molecular complexity index is 106. The molecule has 1 fully saturated rings. The van der Waals surface area contributed by atoms with Gasteiger partial charge in [-0.05, 0) is 31.2 Å². The Labute approximate surface area is 82.9 Å². The molecule has 0 bridgehead atoms. The van der Waals surface area contributed by atoms with Gasteiger partial charge in [-0.2, -0.15) is 0 Å². The molecule has 1 saturated carbocycles. The van der Waals surface area contributed by atoms with E-state index in [2.05, 4.69) is 26.5 Å². The van der Waals surface area contributed by atoms with Gasteiger partial charge in [0.25, 0.3) is 0 Å². The molecule has 0 heterocycles. The van der Waals surface area contributed by atoms with Crippen LogP contribution in [0.5, 0.6) is 0 Å². The molecule has 2 nitrogen and oxygen atoms in total. The normalized spacial score (nSPS) is 31.9. The molecule has 0 aliphatic heterocycles. The van der Waals surface area contributed by atoms with E-state index < -0.39 is 0 Å². The molecule has 0 amide bonds. The van der Waals surface area contributed by atoms with E-state index in [1.54, 1.807) is 0 Å². The molecular weight excluding hydrogens is 162 g/mol. The van der Waals surface area contributed by atoms with E-state index in [1.807, 2.05) is 6.79 Å². The first-order valence-electron chi connectivity index (χ1n) is 5.06. The highest BCUT2D eigenvalue weighted by atomic mass is 16.1. The topological polar surface area (TPSA) is 43.1 Å². The molecule has 0 aromatic carbocycles. The fourth-order valence-electron chi connectivity index (χ4n) is 1.82. The van der Waals surface area contributed by atoms with Crippen molar-refractivity contribution in [1.29, 1.82) is 0 Å². The lowest BCUT2D eigenvalue weighted by atomic mass is 9.77. The van der Waals surface area contributed by atoms with Gasteiger partial charge >= 0.3 is 0 Å². The monoisotopic (exact) mass is 187 g/mol. The van der Waals surface area contributed by atoms with E-state index in [9.17, 15) is 0 Å². The smallest absolute Gasteiger partial charge is 0.106 e. The van der Waals surface area contributed by atoms with Crippen molar-refractivity contribution < 1.29 is 4.79 Å². The zero-order chi connectivity index (χ0) is 10.9. The van der Waals surface area contributed by atoms with Gasteiger partial charge in [-0.1, -0.05) is 33.6 Å². The number of carbonyl (C=O) groups excluding carboxylic acids is 1. The molecule has 1 rings (SSSR count). The van der Waals surface area contributed by atoms with Gasteiger partial charge in [-0.25, -0.2) is 0 Å². The average molecular weight is 187 g/mol. The lowest BCUT2D eigenvalue weighted by Crippen LogP contribution is -2.18. The minimum absolute atomic E-state index is 0.980. The standard InChI is InChI=1S/C9H18.CH5N.CH2O/c1-7-4-5-8(2)9(3)6-7;2*1-2/h7-9H,4-6H2,1-3H3;2H2,1H3;1H2. The van der Waals surface area contributed by atoms with Crippen molar-refractivity contribution in [2.45, 2.75) is 40.0 Å². The van der Waals surface area contributed by atoms with Gasteiger partial charge in [0.05, 0.1) is 0 Å². The zero-order valence-corrected chi connectivity index (χ0v) is 9.55. The minimum atomic E-state index is 0.980. The summed E-state index contributed by atoms with van der Waals surface area (Å²) >= 11 is 0. The molecular formula is C11H25NO. The van der Waals surface area contributed by atoms with Crippen LogP contribution >= 0.6 is 0 Å². The Morgan fingerprint density at radius 3 is 1.77 bits per heavy atom. The van der Waals surface area contributed by atoms with Gasteiger partial charge in [0.1, 0.15) is 6.79 Å². The van der Waals surface area contributed by atoms with Crippen LogP contribution in [0.3, 0.4) is 0 Å². The maximum Gasteiger partial charge on any atom is 0.106 e. The van der Waals surface area contributed by atoms with E-state index >= 15 is 0 Å². The first-order valence-corrected chi connectivity index (χ1v) is 5.06. The van der Waals surface area contributed by atoms with E-state index in [4.69, 9.17) is 4.79 Å². The summed E-state index contributed by atoms with van der Waals surface area (Å²) in [5.74, 6) is 2.96. The zero-order valence-electron chi connectivity index (χ0n) is 9.55. The molecule has 2 N–H and O–H groups in total. The van der Waals surface area contributed by atoms with Crippen LogP contribution in [0.1, 0.15) is 40.0 Å². The number of hydrogen-bond donors (Lipinski definition) is 1. The van der Waals surface area contributed by atoms with Gasteiger partial charge in [-0.15, -0.1) is 0 Å². The minimum Gasteiger partial charge on any atom is -0.333 e. The van der Waals surface area contributed by atoms with E-state index in [0.717, 1.165) is 17.8 Å². The maximum atomic E-state index is 8.00. The Balaban J connectivity index is 0. The predicted molar refractivity (Wildman–Crippen MR) is 58.6 cm³/mol. The lowest BCUT2D eigenvalue weighted by molar-refractivity contribution is -0.0979. The maximum absolute atomic E-state index is 8.00. The van der Waals surface area contributed by atoms with E-state index in [1.165, 1.54) is 26.3 Å². The molecule has 0 aromatic heterocycles. The van der Waals surface area contributed by atoms with Crippen molar-refractivity contribution in [2.75, 3.05) is 7.05 Å². The number of rotatable bonds is 0. The highest BCUT2D eigenvalue weighted by Gasteiger charge is 2.20. The largest absolute Gasteiger partial charge is 0.333 e. The van der Waals surface area contributed by atoms with E-state index in [0.29, 0.717) is 0 Å². The predicted octanol–water partition coefficient (Wildman–Crippen LogP) is 2.47. The van der Waals surface area contributed by atoms with Crippen LogP contribution in [0, 0.1) is 17.8 Å². The molecule has 1 aliphatic carbocycles. The van der Waals surface area contributed by atoms with Crippen LogP contribution in [0.15, 0.2) is 0 Å². The molecule has 0 spiro atoms. The molecule has 0 saturated heterocycles. The van der Waals surface area contributed by atoms with Crippen molar-refractivity contribution in [3.8, 4) is 0 Å². The second kappa shape index (κ2) is 9.72. The summed E-state index contributed by atoms with van der Waals surface area (Å²) in [6, 6.07) is 0. The van der Waals surface area contributed by atoms with Crippen molar-refractivity contribution in [1.82, 2.24) is 0 Å². The van der Waals surface area contributed by atoms with Crippen LogP contribution in [0.4, 0.5) is 0 Å². The third-order valence-corrected chi connectivity index (χ3v) is 2.86. The Morgan fingerprint density at radius 1 is 1.00 bits per heavy atom. The first kappa shape index (κ1) is 15.1. The Hall–Kier alpha value is -0.370. The quantitative estimate of drug-likeness (QED) is 0.633. The number of nitrogens with two attached hydrogens (primary N) is 1. The van der Waals surface area contributed by atoms with Gasteiger partial charge < -0.3 is 10.5 Å². The third kappa shape index (κ3) is 6.76. The van der Waals surface area contributed by atoms with E-state index in [-0.39, 0.29) is 0 Å². The van der Waals surface area contributed by atoms with Crippen LogP contribution < -0.4 is 5.73 Å². The van der Waals surface area contributed by atoms with Crippen LogP contribution in [0.2, 0.25) is 0 Å². The SMILES string of the molecule is C=O.CC1CCC(C)C(C)C1.CN. The summed E-state index contributed by atoms with van der Waals surface area (Å²) in [5, 5.41) is 0. The van der Waals surface area contributed by atoms with Crippen LogP contribution in [-0.2, 0) is 4.79 Å². The Kier molecular flexibility index (Phi) is 11.3. The summed E-state index contributed by atoms with van der Waals surface area (Å²) in [7, 11) is 1.50. The summed E-state index contributed by atoms with van der Waals surface area (Å²) in [6.07, 6.45) is 4.38. The molecule has 0 radical (unpaired) electrons. The lowest BCUT2D eigenvalue weighted by Gasteiger charge is -2.29. The number of hydrogen-bond acceptors (Lipinski definition) is 2. The molecule has 13 heavy (non-hydrogen) atoms. The third-order valence-electron chi connectivity index (χ3n) is 2.86. The molecule has 3 atom stereocenters. The second-order valence-electron chi connectivity index (χ2n) is 3.87. The van der Waals surface area contributed by atoms with Gasteiger partial charge in [-0.3, -0.25) is 0 Å². The number of carbonyl (C=O) groups is 1. The average Bonchev–Trinajstić information content (AvgIpc) is 2.18. The van der Waals surface area contributed by atoms with Gasteiger partial charge in [0.2, 0.25) is 0 Å². The molecule has 1 aliphatic rings. The van der Waals surface area contributed by atoms with Crippen molar-refractivity contribution in [3.05, 3.63) is 0 Å². The molecule has 2 heteroatoms. The fraction of sp³-hybridized carbons (Fsp3) is 0.909. The second-order valence-corrected chi connectivity index (χ2v) is 3.87. The van der Waals surface area contributed by atoms with Crippen molar-refractivity contribution >= 4 is 6.79 Å². The molecule has 80 valence electrons. The summed E-state index contributed by atoms with van der Waals surface area (Å²) in [5.41, 5.74) is 4.50. The highest BCUT2D eigenvalue weighted by Crippen LogP contribution is 2.32. The summed E-state index contributed by atoms with van der Waals surface area (Å²) in [4.78, 5) is 8.00.